The smallest absolute Gasteiger partial charge is 0.270 e. The summed E-state index contributed by atoms with van der Waals surface area (Å²) in [6.07, 6.45) is 5.33. The number of carbonyl (C=O) groups is 3. The molecule has 0 unspecified atom stereocenters. The zero-order valence-electron chi connectivity index (χ0n) is 30.3. The summed E-state index contributed by atoms with van der Waals surface area (Å²) in [4.78, 5) is 43.3. The maximum absolute atomic E-state index is 14.2. The Bertz CT molecular complexity index is 1580. The molecule has 1 aliphatic carbocycles. The molecule has 2 heterocycles. The van der Waals surface area contributed by atoms with Gasteiger partial charge < -0.3 is 21.1 Å². The van der Waals surface area contributed by atoms with E-state index in [9.17, 15) is 27.9 Å². The number of likely N-dealkylation sites (tertiary alicyclic amines) is 1. The van der Waals surface area contributed by atoms with E-state index in [0.29, 0.717) is 30.5 Å². The molecule has 2 aliphatic rings. The van der Waals surface area contributed by atoms with Crippen molar-refractivity contribution in [2.24, 2.45) is 18.9 Å². The van der Waals surface area contributed by atoms with Crippen molar-refractivity contribution < 1.29 is 27.9 Å². The number of nitrogens with one attached hydrogen (secondary N) is 3. The summed E-state index contributed by atoms with van der Waals surface area (Å²) in [5.41, 5.74) is 1.20. The predicted octanol–water partition coefficient (Wildman–Crippen LogP) is 2.53. The van der Waals surface area contributed by atoms with Crippen LogP contribution in [0.25, 0.3) is 0 Å². The zero-order valence-corrected chi connectivity index (χ0v) is 31.1. The van der Waals surface area contributed by atoms with Crippen LogP contribution in [0.5, 0.6) is 0 Å². The number of fused-ring (bicyclic) bond motifs is 1. The van der Waals surface area contributed by atoms with Crippen LogP contribution in [0, 0.1) is 18.8 Å². The second kappa shape index (κ2) is 15.3. The molecule has 1 aromatic carbocycles. The first-order valence-electron chi connectivity index (χ1n) is 17.4. The lowest BCUT2D eigenvalue weighted by molar-refractivity contribution is -0.133. The molecule has 4 N–H and O–H groups in total. The summed E-state index contributed by atoms with van der Waals surface area (Å²) >= 11 is 0. The Morgan fingerprint density at radius 1 is 1.02 bits per heavy atom. The van der Waals surface area contributed by atoms with Crippen molar-refractivity contribution in [3.8, 4) is 0 Å². The summed E-state index contributed by atoms with van der Waals surface area (Å²) in [5, 5.41) is 24.9. The highest BCUT2D eigenvalue weighted by Gasteiger charge is 2.46. The molecule has 6 atom stereocenters. The van der Waals surface area contributed by atoms with Crippen molar-refractivity contribution >= 4 is 27.6 Å². The fourth-order valence-corrected chi connectivity index (χ4v) is 7.80. The monoisotopic (exact) mass is 700 g/mol. The van der Waals surface area contributed by atoms with Gasteiger partial charge in [-0.1, -0.05) is 49.6 Å². The van der Waals surface area contributed by atoms with Gasteiger partial charge in [0.1, 0.15) is 11.7 Å². The lowest BCUT2D eigenvalue weighted by Gasteiger charge is -2.47. The number of amides is 3. The molecule has 1 aromatic heterocycles. The second-order valence-corrected chi connectivity index (χ2v) is 18.3. The van der Waals surface area contributed by atoms with Gasteiger partial charge in [0.25, 0.3) is 5.91 Å². The number of aliphatic hydroxyl groups excluding tert-OH is 1. The highest BCUT2D eigenvalue weighted by Crippen LogP contribution is 2.39. The Balaban J connectivity index is 1.64. The number of carbonyl (C=O) groups excluding carboxylic acids is 3. The number of rotatable bonds is 12. The fourth-order valence-electron chi connectivity index (χ4n) is 7.21. The van der Waals surface area contributed by atoms with Gasteiger partial charge in [0, 0.05) is 31.9 Å². The Morgan fingerprint density at radius 2 is 1.65 bits per heavy atom. The van der Waals surface area contributed by atoms with Gasteiger partial charge in [-0.25, -0.2) is 8.42 Å². The number of aliphatic hydroxyl groups is 1. The number of piperidine rings is 1. The first-order valence-corrected chi connectivity index (χ1v) is 19.3. The van der Waals surface area contributed by atoms with Gasteiger partial charge in [0.2, 0.25) is 11.8 Å². The third-order valence-electron chi connectivity index (χ3n) is 10.2. The molecule has 1 saturated heterocycles. The lowest BCUT2D eigenvalue weighted by atomic mass is 9.72. The van der Waals surface area contributed by atoms with E-state index in [4.69, 9.17) is 0 Å². The van der Waals surface area contributed by atoms with Gasteiger partial charge in [-0.05, 0) is 84.3 Å². The van der Waals surface area contributed by atoms with Gasteiger partial charge >= 0.3 is 0 Å². The van der Waals surface area contributed by atoms with Crippen LogP contribution < -0.4 is 16.0 Å². The van der Waals surface area contributed by atoms with Gasteiger partial charge in [-0.2, -0.15) is 5.10 Å². The summed E-state index contributed by atoms with van der Waals surface area (Å²) in [6, 6.07) is 8.16. The molecule has 3 amide bonds. The molecular formula is C36H56N6O6S. The Labute approximate surface area is 291 Å². The molecule has 4 rings (SSSR count). The van der Waals surface area contributed by atoms with Crippen molar-refractivity contribution in [3.05, 3.63) is 53.3 Å². The quantitative estimate of drug-likeness (QED) is 0.263. The zero-order chi connectivity index (χ0) is 36.3. The summed E-state index contributed by atoms with van der Waals surface area (Å²) < 4.78 is 25.7. The van der Waals surface area contributed by atoms with Crippen molar-refractivity contribution in [2.75, 3.05) is 19.3 Å². The van der Waals surface area contributed by atoms with Crippen molar-refractivity contribution in [1.29, 1.82) is 0 Å². The van der Waals surface area contributed by atoms with Crippen molar-refractivity contribution in [1.82, 2.24) is 30.6 Å². The Kier molecular flexibility index (Phi) is 12.0. The molecule has 1 saturated carbocycles. The molecule has 272 valence electrons. The van der Waals surface area contributed by atoms with Crippen LogP contribution in [-0.4, -0.2) is 99.8 Å². The first-order chi connectivity index (χ1) is 22.8. The van der Waals surface area contributed by atoms with E-state index in [0.717, 1.165) is 37.5 Å². The number of nitrogens with zero attached hydrogens (tertiary/aromatic N) is 3. The van der Waals surface area contributed by atoms with E-state index in [-0.39, 0.29) is 24.6 Å². The maximum atomic E-state index is 14.2. The normalized spacial score (nSPS) is 22.3. The van der Waals surface area contributed by atoms with Crippen LogP contribution in [0.15, 0.2) is 36.4 Å². The van der Waals surface area contributed by atoms with Gasteiger partial charge in [-0.15, -0.1) is 0 Å². The standard InChI is InChI=1S/C36H56N6O6S/c1-23-18-28(41(7)40-23)32(44)38-31(36(5,6)49(8,47)48)34(46)37-27(19-24-14-10-9-11-15-24)30(43)22-42-21-26-17-13-12-16-25(26)20-29(42)33(45)39-35(2,3)4/h9-11,14-15,18,25-27,29-31,43H,12-13,16-17,19-22H2,1-8H3,(H,37,46)(H,38,44)(H,39,45)/t25-,26+,27-,29-,30+,31+/m0/s1. The molecule has 0 radical (unpaired) electrons. The highest BCUT2D eigenvalue weighted by molar-refractivity contribution is 7.92. The minimum Gasteiger partial charge on any atom is -0.390 e. The van der Waals surface area contributed by atoms with E-state index < -0.39 is 56.2 Å². The summed E-state index contributed by atoms with van der Waals surface area (Å²) in [5.74, 6) is -0.592. The minimum atomic E-state index is -3.87. The van der Waals surface area contributed by atoms with Crippen LogP contribution in [0.2, 0.25) is 0 Å². The fraction of sp³-hybridized carbons (Fsp3) is 0.667. The average molecular weight is 701 g/mol. The number of β-amino-alcohol motifs (C(OH)–C–C–N with tert-alkyl or cyclic N) is 1. The number of benzene rings is 1. The van der Waals surface area contributed by atoms with Gasteiger partial charge in [-0.3, -0.25) is 24.0 Å². The number of sulfone groups is 1. The van der Waals surface area contributed by atoms with Crippen molar-refractivity contribution in [3.63, 3.8) is 0 Å². The highest BCUT2D eigenvalue weighted by atomic mass is 32.2. The predicted molar refractivity (Wildman–Crippen MR) is 190 cm³/mol. The number of hydrogen-bond acceptors (Lipinski definition) is 8. The van der Waals surface area contributed by atoms with E-state index in [1.807, 2.05) is 51.1 Å². The number of hydrogen-bond donors (Lipinski definition) is 4. The van der Waals surface area contributed by atoms with Crippen LogP contribution >= 0.6 is 0 Å². The summed E-state index contributed by atoms with van der Waals surface area (Å²) in [6.45, 7) is 11.2. The third kappa shape index (κ3) is 9.70. The molecule has 0 bridgehead atoms. The lowest BCUT2D eigenvalue weighted by Crippen LogP contribution is -2.64. The van der Waals surface area contributed by atoms with E-state index in [2.05, 4.69) is 25.9 Å². The van der Waals surface area contributed by atoms with Gasteiger partial charge in [0.05, 0.1) is 28.6 Å². The number of aryl methyl sites for hydroxylation is 2. The average Bonchev–Trinajstić information content (AvgIpc) is 3.35. The SMILES string of the molecule is Cc1cc(C(=O)N[C@H](C(=O)N[C@@H](Cc2ccccc2)[C@H](O)CN2C[C@H]3CCCC[C@H]3C[C@H]2C(=O)NC(C)(C)C)C(C)(C)S(C)(=O)=O)n(C)n1. The topological polar surface area (TPSA) is 163 Å². The van der Waals surface area contributed by atoms with Crippen molar-refractivity contribution in [2.45, 2.75) is 115 Å². The minimum absolute atomic E-state index is 0.0737. The second-order valence-electron chi connectivity index (χ2n) is 15.7. The van der Waals surface area contributed by atoms with Gasteiger partial charge in [0.15, 0.2) is 9.84 Å². The van der Waals surface area contributed by atoms with Crippen LogP contribution in [-0.2, 0) is 32.9 Å². The first kappa shape index (κ1) is 38.5. The molecule has 0 spiro atoms. The molecular weight excluding hydrogens is 644 g/mol. The Morgan fingerprint density at radius 3 is 2.22 bits per heavy atom. The van der Waals surface area contributed by atoms with E-state index in [1.165, 1.54) is 18.5 Å². The molecule has 2 aromatic rings. The summed E-state index contributed by atoms with van der Waals surface area (Å²) in [7, 11) is -2.28. The molecule has 1 aliphatic heterocycles. The molecule has 12 nitrogen and oxygen atoms in total. The third-order valence-corrected chi connectivity index (χ3v) is 12.4. The molecule has 49 heavy (non-hydrogen) atoms. The van der Waals surface area contributed by atoms with Crippen LogP contribution in [0.3, 0.4) is 0 Å². The number of aromatic nitrogens is 2. The Hall–Kier alpha value is -3.29. The van der Waals surface area contributed by atoms with Crippen LogP contribution in [0.1, 0.15) is 88.5 Å². The molecule has 13 heteroatoms. The maximum Gasteiger partial charge on any atom is 0.270 e. The van der Waals surface area contributed by atoms with E-state index in [1.54, 1.807) is 20.0 Å². The van der Waals surface area contributed by atoms with E-state index >= 15 is 0 Å². The van der Waals surface area contributed by atoms with Crippen LogP contribution in [0.4, 0.5) is 0 Å². The molecule has 2 fully saturated rings. The largest absolute Gasteiger partial charge is 0.390 e.